The lowest BCUT2D eigenvalue weighted by Gasteiger charge is -2.15. The lowest BCUT2D eigenvalue weighted by Crippen LogP contribution is -2.21. The molecule has 7 nitrogen and oxygen atoms in total. The van der Waals surface area contributed by atoms with E-state index in [1.54, 1.807) is 0 Å². The Morgan fingerprint density at radius 2 is 1.65 bits per heavy atom. The Balaban J connectivity index is 1.73. The summed E-state index contributed by atoms with van der Waals surface area (Å²) in [6.45, 7) is -0.726. The third-order valence-corrected chi connectivity index (χ3v) is 5.78. The van der Waals surface area contributed by atoms with E-state index in [4.69, 9.17) is 9.47 Å². The van der Waals surface area contributed by atoms with Crippen molar-refractivity contribution in [2.45, 2.75) is 11.1 Å². The van der Waals surface area contributed by atoms with Crippen molar-refractivity contribution in [1.82, 2.24) is 0 Å². The number of carbonyl (C=O) groups excluding carboxylic acids is 1. The normalized spacial score (nSPS) is 11.6. The summed E-state index contributed by atoms with van der Waals surface area (Å²) in [5.41, 5.74) is -0.937. The van der Waals surface area contributed by atoms with E-state index in [1.807, 2.05) is 0 Å². The lowest BCUT2D eigenvalue weighted by atomic mass is 10.2. The van der Waals surface area contributed by atoms with E-state index < -0.39 is 45.8 Å². The van der Waals surface area contributed by atoms with Gasteiger partial charge < -0.3 is 14.8 Å². The number of alkyl halides is 3. The van der Waals surface area contributed by atoms with E-state index in [2.05, 4.69) is 10.0 Å². The van der Waals surface area contributed by atoms with Crippen LogP contribution in [0.2, 0.25) is 0 Å². The van der Waals surface area contributed by atoms with Gasteiger partial charge in [-0.3, -0.25) is 9.52 Å². The molecule has 0 atom stereocenters. The summed E-state index contributed by atoms with van der Waals surface area (Å²) in [5.74, 6) is -1.78. The van der Waals surface area contributed by atoms with Crippen molar-refractivity contribution >= 4 is 27.3 Å². The van der Waals surface area contributed by atoms with Gasteiger partial charge in [0, 0.05) is 5.69 Å². The minimum Gasteiger partial charge on any atom is -0.495 e. The minimum atomic E-state index is -4.65. The number of nitrogens with one attached hydrogen (secondary N) is 2. The second-order valence-corrected chi connectivity index (χ2v) is 8.49. The molecule has 0 unspecified atom stereocenters. The van der Waals surface area contributed by atoms with Crippen molar-refractivity contribution in [2.75, 3.05) is 23.8 Å². The highest BCUT2D eigenvalue weighted by Crippen LogP contribution is 2.36. The van der Waals surface area contributed by atoms with Crippen LogP contribution in [0.3, 0.4) is 0 Å². The van der Waals surface area contributed by atoms with Crippen LogP contribution in [-0.4, -0.2) is 28.0 Å². The Morgan fingerprint density at radius 1 is 0.971 bits per heavy atom. The van der Waals surface area contributed by atoms with Crippen LogP contribution in [0.4, 0.5) is 28.9 Å². The first-order valence-electron chi connectivity index (χ1n) is 9.55. The molecule has 34 heavy (non-hydrogen) atoms. The van der Waals surface area contributed by atoms with Gasteiger partial charge in [0.1, 0.15) is 17.3 Å². The number of sulfonamides is 1. The maximum Gasteiger partial charge on any atom is 0.419 e. The highest BCUT2D eigenvalue weighted by molar-refractivity contribution is 7.92. The molecule has 0 aliphatic rings. The molecule has 12 heteroatoms. The molecule has 180 valence electrons. The van der Waals surface area contributed by atoms with E-state index in [9.17, 15) is 30.8 Å². The maximum atomic E-state index is 13.1. The maximum absolute atomic E-state index is 13.1. The van der Waals surface area contributed by atoms with Crippen molar-refractivity contribution in [3.05, 3.63) is 78.1 Å². The third kappa shape index (κ3) is 6.16. The van der Waals surface area contributed by atoms with Gasteiger partial charge in [-0.1, -0.05) is 12.1 Å². The second-order valence-electron chi connectivity index (χ2n) is 6.81. The number of hydrogen-bond acceptors (Lipinski definition) is 5. The van der Waals surface area contributed by atoms with Crippen LogP contribution in [-0.2, 0) is 21.0 Å². The Morgan fingerprint density at radius 3 is 2.29 bits per heavy atom. The number of amides is 1. The van der Waals surface area contributed by atoms with Gasteiger partial charge in [-0.05, 0) is 54.6 Å². The van der Waals surface area contributed by atoms with Crippen LogP contribution in [0.15, 0.2) is 71.6 Å². The fraction of sp³-hybridized carbons (Fsp3) is 0.136. The summed E-state index contributed by atoms with van der Waals surface area (Å²) in [7, 11) is -2.81. The number of carbonyl (C=O) groups is 1. The fourth-order valence-corrected chi connectivity index (χ4v) is 3.91. The van der Waals surface area contributed by atoms with Crippen LogP contribution >= 0.6 is 0 Å². The SMILES string of the molecule is COc1ccc(NC(=O)COc2ccccc2C(F)(F)F)cc1NS(=O)(=O)c1ccc(F)cc1. The van der Waals surface area contributed by atoms with Crippen LogP contribution in [0, 0.1) is 5.82 Å². The summed E-state index contributed by atoms with van der Waals surface area (Å²) in [6.07, 6.45) is -4.65. The molecule has 0 aromatic heterocycles. The Labute approximate surface area is 192 Å². The third-order valence-electron chi connectivity index (χ3n) is 4.40. The Hall–Kier alpha value is -3.80. The molecule has 3 rings (SSSR count). The topological polar surface area (TPSA) is 93.7 Å². The van der Waals surface area contributed by atoms with E-state index >= 15 is 0 Å². The predicted molar refractivity (Wildman–Crippen MR) is 116 cm³/mol. The summed E-state index contributed by atoms with van der Waals surface area (Å²) in [6, 6.07) is 12.6. The van der Waals surface area contributed by atoms with E-state index in [-0.39, 0.29) is 22.0 Å². The zero-order chi connectivity index (χ0) is 24.9. The molecule has 0 radical (unpaired) electrons. The first-order chi connectivity index (χ1) is 16.0. The molecule has 1 amide bonds. The smallest absolute Gasteiger partial charge is 0.419 e. The van der Waals surface area contributed by atoms with Gasteiger partial charge in [-0.15, -0.1) is 0 Å². The predicted octanol–water partition coefficient (Wildman–Crippen LogP) is 4.67. The number of anilines is 2. The van der Waals surface area contributed by atoms with Crippen molar-refractivity contribution < 1.29 is 40.2 Å². The number of para-hydroxylation sites is 1. The summed E-state index contributed by atoms with van der Waals surface area (Å²) in [4.78, 5) is 12.0. The van der Waals surface area contributed by atoms with Gasteiger partial charge in [0.05, 0.1) is 23.3 Å². The van der Waals surface area contributed by atoms with Crippen molar-refractivity contribution in [3.63, 3.8) is 0 Å². The van der Waals surface area contributed by atoms with Crippen LogP contribution in [0.5, 0.6) is 11.5 Å². The van der Waals surface area contributed by atoms with Crippen LogP contribution in [0.25, 0.3) is 0 Å². The number of methoxy groups -OCH3 is 1. The van der Waals surface area contributed by atoms with Gasteiger partial charge >= 0.3 is 6.18 Å². The molecule has 0 fully saturated rings. The molecule has 0 aliphatic heterocycles. The molecule has 0 aliphatic carbocycles. The molecular weight excluding hydrogens is 480 g/mol. The molecule has 3 aromatic carbocycles. The number of benzene rings is 3. The van der Waals surface area contributed by atoms with Crippen LogP contribution < -0.4 is 19.5 Å². The van der Waals surface area contributed by atoms with Gasteiger partial charge in [0.25, 0.3) is 15.9 Å². The van der Waals surface area contributed by atoms with Gasteiger partial charge in [-0.2, -0.15) is 13.2 Å². The van der Waals surface area contributed by atoms with Crippen molar-refractivity contribution in [3.8, 4) is 11.5 Å². The zero-order valence-corrected chi connectivity index (χ0v) is 18.3. The molecule has 3 aromatic rings. The summed E-state index contributed by atoms with van der Waals surface area (Å²) in [5, 5.41) is 2.41. The standard InChI is InChI=1S/C22H18F4N2O5S/c1-32-20-11-8-15(12-18(20)28-34(30,31)16-9-6-14(23)7-10-16)27-21(29)13-33-19-5-3-2-4-17(19)22(24,25)26/h2-12,28H,13H2,1H3,(H,27,29). The molecular formula is C22H18F4N2O5S. The molecule has 0 saturated heterocycles. The molecule has 0 heterocycles. The van der Waals surface area contributed by atoms with E-state index in [0.717, 1.165) is 36.4 Å². The first-order valence-corrected chi connectivity index (χ1v) is 11.0. The average molecular weight is 498 g/mol. The molecule has 2 N–H and O–H groups in total. The van der Waals surface area contributed by atoms with Gasteiger partial charge in [0.15, 0.2) is 6.61 Å². The highest BCUT2D eigenvalue weighted by Gasteiger charge is 2.34. The van der Waals surface area contributed by atoms with Gasteiger partial charge in [0.2, 0.25) is 0 Å². The number of halogens is 4. The Bertz CT molecular complexity index is 1280. The van der Waals surface area contributed by atoms with Crippen LogP contribution in [0.1, 0.15) is 5.56 Å². The lowest BCUT2D eigenvalue weighted by molar-refractivity contribution is -0.139. The molecule has 0 spiro atoms. The minimum absolute atomic E-state index is 0.0343. The number of ether oxygens (including phenoxy) is 2. The molecule has 0 saturated carbocycles. The average Bonchev–Trinajstić information content (AvgIpc) is 2.77. The number of hydrogen-bond donors (Lipinski definition) is 2. The highest BCUT2D eigenvalue weighted by atomic mass is 32.2. The first kappa shape index (κ1) is 24.8. The van der Waals surface area contributed by atoms with E-state index in [0.29, 0.717) is 0 Å². The summed E-state index contributed by atoms with van der Waals surface area (Å²) >= 11 is 0. The van der Waals surface area contributed by atoms with Gasteiger partial charge in [-0.25, -0.2) is 12.8 Å². The Kier molecular flexibility index (Phi) is 7.30. The quantitative estimate of drug-likeness (QED) is 0.441. The zero-order valence-electron chi connectivity index (χ0n) is 17.5. The fourth-order valence-electron chi connectivity index (χ4n) is 2.85. The van der Waals surface area contributed by atoms with E-state index in [1.165, 1.54) is 37.4 Å². The number of rotatable bonds is 8. The largest absolute Gasteiger partial charge is 0.495 e. The van der Waals surface area contributed by atoms with Crippen molar-refractivity contribution in [1.29, 1.82) is 0 Å². The van der Waals surface area contributed by atoms with Crippen molar-refractivity contribution in [2.24, 2.45) is 0 Å². The molecule has 0 bridgehead atoms. The second kappa shape index (κ2) is 10.00. The summed E-state index contributed by atoms with van der Waals surface area (Å²) < 4.78 is 89.9. The monoisotopic (exact) mass is 498 g/mol.